The average Bonchev–Trinajstić information content (AvgIpc) is 2.84. The standard InChI is InChI=1S/C25H32N6O4/c26-24(35)30-25(29-21-5-3-12-27-17-21)28-13-2-1-4-18-10-14-31(15-11-18)23(34)20-8-6-19(7-9-20)16-22(32)33/h3,5-9,12,17-18H,1-2,4,10-11,13-16H2,(H,32,33)(H4,26,28,29,30,35). The Hall–Kier alpha value is -3.95. The Morgan fingerprint density at radius 3 is 2.49 bits per heavy atom. The summed E-state index contributed by atoms with van der Waals surface area (Å²) in [5.74, 6) is -0.0246. The number of piperidine rings is 1. The van der Waals surface area contributed by atoms with E-state index in [1.807, 2.05) is 11.0 Å². The molecule has 0 bridgehead atoms. The molecular formula is C25H32N6O4. The molecule has 10 heteroatoms. The van der Waals surface area contributed by atoms with Gasteiger partial charge in [0, 0.05) is 31.4 Å². The summed E-state index contributed by atoms with van der Waals surface area (Å²) >= 11 is 0. The van der Waals surface area contributed by atoms with Gasteiger partial charge in [0.1, 0.15) is 0 Å². The normalized spacial score (nSPS) is 14.4. The third-order valence-electron chi connectivity index (χ3n) is 5.91. The highest BCUT2D eigenvalue weighted by molar-refractivity contribution is 6.03. The minimum atomic E-state index is -0.887. The number of guanidine groups is 1. The summed E-state index contributed by atoms with van der Waals surface area (Å²) < 4.78 is 0. The van der Waals surface area contributed by atoms with Crippen LogP contribution in [-0.4, -0.2) is 58.5 Å². The maximum absolute atomic E-state index is 12.8. The number of carboxylic acids is 1. The third kappa shape index (κ3) is 8.73. The van der Waals surface area contributed by atoms with Crippen molar-refractivity contribution >= 4 is 29.6 Å². The zero-order chi connectivity index (χ0) is 25.0. The number of rotatable bonds is 9. The molecule has 0 saturated carbocycles. The van der Waals surface area contributed by atoms with Gasteiger partial charge in [0.25, 0.3) is 5.91 Å². The number of aliphatic imine (C=N–C) groups is 1. The van der Waals surface area contributed by atoms with Gasteiger partial charge in [0.05, 0.1) is 18.3 Å². The van der Waals surface area contributed by atoms with Crippen molar-refractivity contribution in [3.8, 4) is 0 Å². The van der Waals surface area contributed by atoms with Crippen molar-refractivity contribution in [1.29, 1.82) is 0 Å². The van der Waals surface area contributed by atoms with Crippen LogP contribution in [0.25, 0.3) is 0 Å². The van der Waals surface area contributed by atoms with Crippen LogP contribution in [0.5, 0.6) is 0 Å². The predicted molar refractivity (Wildman–Crippen MR) is 133 cm³/mol. The number of nitrogens with one attached hydrogen (secondary N) is 2. The number of nitrogens with two attached hydrogens (primary N) is 1. The van der Waals surface area contributed by atoms with Gasteiger partial charge in [-0.2, -0.15) is 0 Å². The molecule has 35 heavy (non-hydrogen) atoms. The molecule has 1 aromatic heterocycles. The van der Waals surface area contributed by atoms with Gasteiger partial charge >= 0.3 is 12.0 Å². The fourth-order valence-corrected chi connectivity index (χ4v) is 4.08. The molecule has 2 heterocycles. The Kier molecular flexibility index (Phi) is 9.58. The van der Waals surface area contributed by atoms with Crippen molar-refractivity contribution < 1.29 is 19.5 Å². The number of hydrogen-bond donors (Lipinski definition) is 4. The Morgan fingerprint density at radius 1 is 1.11 bits per heavy atom. The zero-order valence-corrected chi connectivity index (χ0v) is 19.7. The minimum absolute atomic E-state index is 0.00439. The number of aliphatic carboxylic acids is 1. The number of hydrogen-bond acceptors (Lipinski definition) is 5. The molecule has 1 aromatic carbocycles. The van der Waals surface area contributed by atoms with E-state index in [9.17, 15) is 14.4 Å². The molecule has 1 saturated heterocycles. The van der Waals surface area contributed by atoms with Gasteiger partial charge in [-0.25, -0.2) is 4.79 Å². The number of benzene rings is 1. The van der Waals surface area contributed by atoms with E-state index in [-0.39, 0.29) is 12.3 Å². The first kappa shape index (κ1) is 25.7. The highest BCUT2D eigenvalue weighted by atomic mass is 16.4. The number of aromatic nitrogens is 1. The molecule has 186 valence electrons. The van der Waals surface area contributed by atoms with Gasteiger partial charge in [-0.05, 0) is 55.0 Å². The van der Waals surface area contributed by atoms with E-state index in [0.717, 1.165) is 45.2 Å². The molecule has 1 aliphatic heterocycles. The first-order chi connectivity index (χ1) is 16.9. The molecule has 0 aliphatic carbocycles. The number of carbonyl (C=O) groups is 3. The van der Waals surface area contributed by atoms with Crippen molar-refractivity contribution in [1.82, 2.24) is 15.2 Å². The molecule has 3 amide bonds. The number of unbranched alkanes of at least 4 members (excludes halogenated alkanes) is 1. The second-order valence-corrected chi connectivity index (χ2v) is 8.59. The SMILES string of the molecule is NC(=O)NC(=NCCCCC1CCN(C(=O)c2ccc(CC(=O)O)cc2)CC1)Nc1cccnc1. The largest absolute Gasteiger partial charge is 0.481 e. The van der Waals surface area contributed by atoms with Crippen LogP contribution < -0.4 is 16.4 Å². The van der Waals surface area contributed by atoms with Crippen molar-refractivity contribution in [3.63, 3.8) is 0 Å². The van der Waals surface area contributed by atoms with Gasteiger partial charge in [-0.3, -0.25) is 24.9 Å². The Morgan fingerprint density at radius 2 is 1.86 bits per heavy atom. The summed E-state index contributed by atoms with van der Waals surface area (Å²) in [5.41, 5.74) is 7.21. The van der Waals surface area contributed by atoms with Gasteiger partial charge in [0.15, 0.2) is 0 Å². The number of urea groups is 1. The molecule has 1 aliphatic rings. The first-order valence-corrected chi connectivity index (χ1v) is 11.8. The number of nitrogens with zero attached hydrogens (tertiary/aromatic N) is 3. The molecule has 0 atom stereocenters. The maximum atomic E-state index is 12.8. The van der Waals surface area contributed by atoms with Crippen LogP contribution in [0.15, 0.2) is 53.8 Å². The number of pyridine rings is 1. The first-order valence-electron chi connectivity index (χ1n) is 11.8. The number of carbonyl (C=O) groups excluding carboxylic acids is 2. The van der Waals surface area contributed by atoms with Crippen molar-refractivity contribution in [2.24, 2.45) is 16.6 Å². The van der Waals surface area contributed by atoms with Crippen molar-refractivity contribution in [3.05, 3.63) is 59.9 Å². The number of likely N-dealkylation sites (tertiary alicyclic amines) is 1. The summed E-state index contributed by atoms with van der Waals surface area (Å²) in [6.07, 6.45) is 8.11. The van der Waals surface area contributed by atoms with Crippen molar-refractivity contribution in [2.75, 3.05) is 25.0 Å². The number of amides is 3. The molecule has 5 N–H and O–H groups in total. The van der Waals surface area contributed by atoms with E-state index in [1.54, 1.807) is 42.7 Å². The van der Waals surface area contributed by atoms with E-state index in [0.29, 0.717) is 35.2 Å². The van der Waals surface area contributed by atoms with Gasteiger partial charge in [0.2, 0.25) is 5.96 Å². The van der Waals surface area contributed by atoms with Crippen LogP contribution in [0.1, 0.15) is 48.0 Å². The predicted octanol–water partition coefficient (Wildman–Crippen LogP) is 2.87. The van der Waals surface area contributed by atoms with Crippen LogP contribution in [0.2, 0.25) is 0 Å². The lowest BCUT2D eigenvalue weighted by Crippen LogP contribution is -2.39. The summed E-state index contributed by atoms with van der Waals surface area (Å²) in [4.78, 5) is 45.1. The second-order valence-electron chi connectivity index (χ2n) is 8.59. The van der Waals surface area contributed by atoms with Crippen LogP contribution in [0.3, 0.4) is 0 Å². The molecule has 1 fully saturated rings. The number of carboxylic acid groups (broad SMARTS) is 1. The van der Waals surface area contributed by atoms with E-state index < -0.39 is 12.0 Å². The third-order valence-corrected chi connectivity index (χ3v) is 5.91. The van der Waals surface area contributed by atoms with E-state index in [2.05, 4.69) is 20.6 Å². The Bertz CT molecular complexity index is 1020. The van der Waals surface area contributed by atoms with Crippen LogP contribution in [0, 0.1) is 5.92 Å². The topological polar surface area (TPSA) is 150 Å². The van der Waals surface area contributed by atoms with Crippen molar-refractivity contribution in [2.45, 2.75) is 38.5 Å². The quantitative estimate of drug-likeness (QED) is 0.246. The van der Waals surface area contributed by atoms with Gasteiger partial charge in [-0.15, -0.1) is 0 Å². The van der Waals surface area contributed by atoms with Gasteiger partial charge in [-0.1, -0.05) is 25.0 Å². The summed E-state index contributed by atoms with van der Waals surface area (Å²) in [6.45, 7) is 2.00. The van der Waals surface area contributed by atoms with E-state index in [4.69, 9.17) is 10.8 Å². The Labute approximate surface area is 204 Å². The molecule has 0 unspecified atom stereocenters. The number of anilines is 1. The molecule has 0 spiro atoms. The number of primary amides is 1. The lowest BCUT2D eigenvalue weighted by Gasteiger charge is -2.32. The van der Waals surface area contributed by atoms with E-state index >= 15 is 0 Å². The molecule has 0 radical (unpaired) electrons. The van der Waals surface area contributed by atoms with Crippen LogP contribution in [-0.2, 0) is 11.2 Å². The molecular weight excluding hydrogens is 448 g/mol. The summed E-state index contributed by atoms with van der Waals surface area (Å²) in [7, 11) is 0. The second kappa shape index (κ2) is 13.1. The fourth-order valence-electron chi connectivity index (χ4n) is 4.08. The molecule has 3 rings (SSSR count). The maximum Gasteiger partial charge on any atom is 0.318 e. The fraction of sp³-hybridized carbons (Fsp3) is 0.400. The molecule has 10 nitrogen and oxygen atoms in total. The lowest BCUT2D eigenvalue weighted by atomic mass is 9.91. The van der Waals surface area contributed by atoms with E-state index in [1.165, 1.54) is 0 Å². The van der Waals surface area contributed by atoms with Crippen LogP contribution >= 0.6 is 0 Å². The minimum Gasteiger partial charge on any atom is -0.481 e. The summed E-state index contributed by atoms with van der Waals surface area (Å²) in [6, 6.07) is 9.73. The van der Waals surface area contributed by atoms with Crippen LogP contribution in [0.4, 0.5) is 10.5 Å². The highest BCUT2D eigenvalue weighted by Gasteiger charge is 2.23. The van der Waals surface area contributed by atoms with Gasteiger partial charge < -0.3 is 21.1 Å². The average molecular weight is 481 g/mol. The highest BCUT2D eigenvalue weighted by Crippen LogP contribution is 2.24. The lowest BCUT2D eigenvalue weighted by molar-refractivity contribution is -0.136. The monoisotopic (exact) mass is 480 g/mol. The molecule has 2 aromatic rings. The summed E-state index contributed by atoms with van der Waals surface area (Å²) in [5, 5.41) is 14.4. The zero-order valence-electron chi connectivity index (χ0n) is 19.7. The Balaban J connectivity index is 1.38. The smallest absolute Gasteiger partial charge is 0.318 e.